The van der Waals surface area contributed by atoms with E-state index in [1.165, 1.54) is 0 Å². The summed E-state index contributed by atoms with van der Waals surface area (Å²) in [5.74, 6) is -0.404. The quantitative estimate of drug-likeness (QED) is 0.674. The molecule has 0 rings (SSSR count). The number of urea groups is 1. The Morgan fingerprint density at radius 2 is 1.93 bits per heavy atom. The number of hydrogen-bond acceptors (Lipinski definition) is 3. The first-order chi connectivity index (χ1) is 7.15. The largest absolute Gasteiger partial charge is 0.465 e. The first-order valence-corrected chi connectivity index (χ1v) is 5.34. The van der Waals surface area contributed by atoms with Crippen molar-refractivity contribution in [1.29, 1.82) is 0 Å². The van der Waals surface area contributed by atoms with Crippen molar-refractivity contribution >= 4 is 12.0 Å². The molecule has 0 atom stereocenters. The van der Waals surface area contributed by atoms with E-state index in [-0.39, 0.29) is 12.6 Å². The van der Waals surface area contributed by atoms with Crippen LogP contribution in [-0.2, 0) is 9.53 Å². The second-order valence-electron chi connectivity index (χ2n) is 3.04. The van der Waals surface area contributed by atoms with Crippen LogP contribution in [0.2, 0.25) is 0 Å². The summed E-state index contributed by atoms with van der Waals surface area (Å²) in [5, 5.41) is 2.52. The van der Waals surface area contributed by atoms with Crippen molar-refractivity contribution in [3.05, 3.63) is 0 Å². The second kappa shape index (κ2) is 8.08. The Morgan fingerprint density at radius 1 is 1.27 bits per heavy atom. The highest BCUT2D eigenvalue weighted by molar-refractivity contribution is 5.80. The highest BCUT2D eigenvalue weighted by atomic mass is 16.5. The Balaban J connectivity index is 3.84. The number of carbonyl (C=O) groups excluding carboxylic acids is 2. The number of ether oxygens (including phenoxy) is 1. The fourth-order valence-electron chi connectivity index (χ4n) is 1.14. The van der Waals surface area contributed by atoms with Gasteiger partial charge >= 0.3 is 12.0 Å². The molecule has 0 saturated heterocycles. The van der Waals surface area contributed by atoms with Crippen molar-refractivity contribution < 1.29 is 14.3 Å². The minimum absolute atomic E-state index is 0.0626. The van der Waals surface area contributed by atoms with E-state index < -0.39 is 5.97 Å². The lowest BCUT2D eigenvalue weighted by molar-refractivity contribution is -0.141. The molecule has 0 unspecified atom stereocenters. The molecule has 0 aliphatic heterocycles. The zero-order chi connectivity index (χ0) is 11.7. The topological polar surface area (TPSA) is 58.6 Å². The van der Waals surface area contributed by atoms with Gasteiger partial charge < -0.3 is 15.0 Å². The molecular formula is C10H20N2O3. The fraction of sp³-hybridized carbons (Fsp3) is 0.800. The molecule has 5 heteroatoms. The van der Waals surface area contributed by atoms with E-state index in [1.807, 2.05) is 13.8 Å². The Kier molecular flexibility index (Phi) is 7.40. The normalized spacial score (nSPS) is 9.53. The van der Waals surface area contributed by atoms with Crippen LogP contribution in [-0.4, -0.2) is 43.1 Å². The summed E-state index contributed by atoms with van der Waals surface area (Å²) in [4.78, 5) is 24.1. The molecule has 0 aliphatic rings. The molecule has 1 N–H and O–H groups in total. The number of hydrogen-bond donors (Lipinski definition) is 1. The van der Waals surface area contributed by atoms with Crippen LogP contribution in [0.15, 0.2) is 0 Å². The minimum atomic E-state index is -0.404. The Morgan fingerprint density at radius 3 is 2.40 bits per heavy atom. The lowest BCUT2D eigenvalue weighted by Gasteiger charge is -2.20. The summed E-state index contributed by atoms with van der Waals surface area (Å²) in [5.41, 5.74) is 0. The van der Waals surface area contributed by atoms with Crippen LogP contribution in [0.25, 0.3) is 0 Å². The highest BCUT2D eigenvalue weighted by Crippen LogP contribution is 1.91. The van der Waals surface area contributed by atoms with Gasteiger partial charge in [-0.2, -0.15) is 0 Å². The smallest absolute Gasteiger partial charge is 0.325 e. The summed E-state index contributed by atoms with van der Waals surface area (Å²) in [6, 6.07) is -0.215. The summed E-state index contributed by atoms with van der Waals surface area (Å²) in [6.07, 6.45) is 0.903. The number of nitrogens with zero attached hydrogens (tertiary/aromatic N) is 1. The molecule has 0 radical (unpaired) electrons. The van der Waals surface area contributed by atoms with E-state index in [2.05, 4.69) is 5.32 Å². The van der Waals surface area contributed by atoms with Crippen LogP contribution in [0.3, 0.4) is 0 Å². The van der Waals surface area contributed by atoms with E-state index in [1.54, 1.807) is 11.8 Å². The Hall–Kier alpha value is -1.26. The lowest BCUT2D eigenvalue weighted by atomic mass is 10.4. The monoisotopic (exact) mass is 216 g/mol. The molecule has 2 amide bonds. The van der Waals surface area contributed by atoms with Gasteiger partial charge in [-0.1, -0.05) is 6.92 Å². The van der Waals surface area contributed by atoms with Crippen LogP contribution in [0.4, 0.5) is 4.79 Å². The van der Waals surface area contributed by atoms with Gasteiger partial charge in [0.15, 0.2) is 0 Å². The van der Waals surface area contributed by atoms with Gasteiger partial charge in [0.2, 0.25) is 0 Å². The molecule has 0 saturated carbocycles. The van der Waals surface area contributed by atoms with Crippen molar-refractivity contribution in [3.8, 4) is 0 Å². The molecule has 5 nitrogen and oxygen atoms in total. The molecule has 0 aromatic heterocycles. The number of esters is 1. The van der Waals surface area contributed by atoms with Gasteiger partial charge in [0.1, 0.15) is 6.54 Å². The van der Waals surface area contributed by atoms with E-state index >= 15 is 0 Å². The van der Waals surface area contributed by atoms with Crippen LogP contribution < -0.4 is 5.32 Å². The van der Waals surface area contributed by atoms with Crippen molar-refractivity contribution in [1.82, 2.24) is 10.2 Å². The Labute approximate surface area is 90.8 Å². The minimum Gasteiger partial charge on any atom is -0.465 e. The van der Waals surface area contributed by atoms with E-state index in [4.69, 9.17) is 4.74 Å². The zero-order valence-electron chi connectivity index (χ0n) is 9.71. The first-order valence-electron chi connectivity index (χ1n) is 5.34. The van der Waals surface area contributed by atoms with Crippen LogP contribution in [0, 0.1) is 0 Å². The fourth-order valence-corrected chi connectivity index (χ4v) is 1.14. The molecule has 0 aromatic carbocycles. The van der Waals surface area contributed by atoms with Crippen molar-refractivity contribution in [2.75, 3.05) is 26.2 Å². The van der Waals surface area contributed by atoms with Crippen molar-refractivity contribution in [2.45, 2.75) is 27.2 Å². The average Bonchev–Trinajstić information content (AvgIpc) is 2.23. The van der Waals surface area contributed by atoms with Crippen molar-refractivity contribution in [2.24, 2.45) is 0 Å². The van der Waals surface area contributed by atoms with Gasteiger partial charge in [-0.05, 0) is 20.3 Å². The summed E-state index contributed by atoms with van der Waals surface area (Å²) < 4.78 is 4.69. The maximum atomic E-state index is 11.5. The van der Waals surface area contributed by atoms with Crippen LogP contribution >= 0.6 is 0 Å². The number of nitrogens with one attached hydrogen (secondary N) is 1. The van der Waals surface area contributed by atoms with Crippen LogP contribution in [0.1, 0.15) is 27.2 Å². The third-order valence-electron chi connectivity index (χ3n) is 1.85. The number of rotatable bonds is 6. The molecular weight excluding hydrogens is 196 g/mol. The van der Waals surface area contributed by atoms with Crippen LogP contribution in [0.5, 0.6) is 0 Å². The standard InChI is InChI=1S/C10H20N2O3/c1-4-7-12(5-2)10(14)11-8-9(13)15-6-3/h4-8H2,1-3H3,(H,11,14). The molecule has 0 fully saturated rings. The SMILES string of the molecule is CCCN(CC)C(=O)NCC(=O)OCC. The molecule has 0 heterocycles. The van der Waals surface area contributed by atoms with Gasteiger partial charge in [-0.25, -0.2) is 4.79 Å². The summed E-state index contributed by atoms with van der Waals surface area (Å²) >= 11 is 0. The lowest BCUT2D eigenvalue weighted by Crippen LogP contribution is -2.42. The maximum Gasteiger partial charge on any atom is 0.325 e. The average molecular weight is 216 g/mol. The highest BCUT2D eigenvalue weighted by Gasteiger charge is 2.11. The van der Waals surface area contributed by atoms with E-state index in [0.717, 1.165) is 6.42 Å². The molecule has 0 aliphatic carbocycles. The predicted octanol–water partition coefficient (Wildman–Crippen LogP) is 0.991. The maximum absolute atomic E-state index is 11.5. The van der Waals surface area contributed by atoms with Gasteiger partial charge in [0.05, 0.1) is 6.61 Å². The third-order valence-corrected chi connectivity index (χ3v) is 1.85. The van der Waals surface area contributed by atoms with Gasteiger partial charge in [-0.15, -0.1) is 0 Å². The van der Waals surface area contributed by atoms with Gasteiger partial charge in [0, 0.05) is 13.1 Å². The predicted molar refractivity (Wildman–Crippen MR) is 57.6 cm³/mol. The molecule has 0 bridgehead atoms. The molecule has 88 valence electrons. The summed E-state index contributed by atoms with van der Waals surface area (Å²) in [7, 11) is 0. The number of amides is 2. The first kappa shape index (κ1) is 13.7. The van der Waals surface area contributed by atoms with Crippen molar-refractivity contribution in [3.63, 3.8) is 0 Å². The van der Waals surface area contributed by atoms with Gasteiger partial charge in [-0.3, -0.25) is 4.79 Å². The van der Waals surface area contributed by atoms with E-state index in [9.17, 15) is 9.59 Å². The summed E-state index contributed by atoms with van der Waals surface area (Å²) in [6.45, 7) is 7.25. The molecule has 0 spiro atoms. The molecule has 15 heavy (non-hydrogen) atoms. The molecule has 0 aromatic rings. The Bertz CT molecular complexity index is 207. The third kappa shape index (κ3) is 5.93. The van der Waals surface area contributed by atoms with Gasteiger partial charge in [0.25, 0.3) is 0 Å². The second-order valence-corrected chi connectivity index (χ2v) is 3.04. The van der Waals surface area contributed by atoms with E-state index in [0.29, 0.717) is 19.7 Å². The number of carbonyl (C=O) groups is 2. The zero-order valence-corrected chi connectivity index (χ0v) is 9.71.